The van der Waals surface area contributed by atoms with E-state index in [-0.39, 0.29) is 11.6 Å². The minimum Gasteiger partial charge on any atom is -0.480 e. The van der Waals surface area contributed by atoms with E-state index in [0.717, 1.165) is 16.7 Å². The van der Waals surface area contributed by atoms with Crippen molar-refractivity contribution in [2.24, 2.45) is 0 Å². The van der Waals surface area contributed by atoms with E-state index in [1.54, 1.807) is 0 Å². The number of carbonyl (C=O) groups is 2. The second-order valence-electron chi connectivity index (χ2n) is 2.99. The summed E-state index contributed by atoms with van der Waals surface area (Å²) < 4.78 is 39.2. The van der Waals surface area contributed by atoms with Crippen LogP contribution >= 0.6 is 11.8 Å². The predicted molar refractivity (Wildman–Crippen MR) is 48.0 cm³/mol. The number of hydrogen-bond acceptors (Lipinski definition) is 4. The van der Waals surface area contributed by atoms with E-state index in [2.05, 4.69) is 4.74 Å². The van der Waals surface area contributed by atoms with E-state index in [1.165, 1.54) is 0 Å². The first-order valence-corrected chi connectivity index (χ1v) is 5.27. The number of hydrogen-bond donors (Lipinski definition) is 1. The number of ether oxygens (including phenoxy) is 1. The molecule has 0 aromatic rings. The Morgan fingerprint density at radius 1 is 1.50 bits per heavy atom. The lowest BCUT2D eigenvalue weighted by Gasteiger charge is -2.20. The van der Waals surface area contributed by atoms with Crippen LogP contribution < -0.4 is 0 Å². The second kappa shape index (κ2) is 4.81. The van der Waals surface area contributed by atoms with Gasteiger partial charge in [-0.25, -0.2) is 9.59 Å². The van der Waals surface area contributed by atoms with Crippen molar-refractivity contribution in [3.63, 3.8) is 0 Å². The largest absolute Gasteiger partial charge is 0.480 e. The summed E-state index contributed by atoms with van der Waals surface area (Å²) in [6, 6.07) is -1.12. The Labute approximate surface area is 92.5 Å². The molecule has 0 spiro atoms. The average molecular weight is 259 g/mol. The number of amides is 1. The number of halogens is 3. The summed E-state index contributed by atoms with van der Waals surface area (Å²) in [5.74, 6) is -1.08. The number of carboxylic acids is 1. The summed E-state index contributed by atoms with van der Waals surface area (Å²) in [4.78, 5) is 22.5. The van der Waals surface area contributed by atoms with Crippen LogP contribution in [0.1, 0.15) is 0 Å². The first kappa shape index (κ1) is 12.9. The highest BCUT2D eigenvalue weighted by Crippen LogP contribution is 2.23. The molecule has 1 atom stereocenters. The van der Waals surface area contributed by atoms with Crippen LogP contribution in [0.5, 0.6) is 0 Å². The molecule has 1 heterocycles. The number of carboxylic acid groups (broad SMARTS) is 1. The summed E-state index contributed by atoms with van der Waals surface area (Å²) >= 11 is 1.14. The first-order chi connectivity index (χ1) is 7.31. The third-order valence-corrected chi connectivity index (χ3v) is 2.77. The van der Waals surface area contributed by atoms with Gasteiger partial charge >= 0.3 is 18.2 Å². The van der Waals surface area contributed by atoms with Crippen molar-refractivity contribution in [3.8, 4) is 0 Å². The molecular formula is C7H8F3NO4S. The van der Waals surface area contributed by atoms with Crippen molar-refractivity contribution in [2.45, 2.75) is 12.2 Å². The highest BCUT2D eigenvalue weighted by atomic mass is 32.2. The van der Waals surface area contributed by atoms with Crippen LogP contribution in [0.4, 0.5) is 18.0 Å². The molecule has 1 unspecified atom stereocenters. The van der Waals surface area contributed by atoms with Gasteiger partial charge in [-0.15, -0.1) is 11.8 Å². The van der Waals surface area contributed by atoms with Gasteiger partial charge in [-0.2, -0.15) is 13.2 Å². The van der Waals surface area contributed by atoms with Crippen molar-refractivity contribution in [2.75, 3.05) is 18.2 Å². The highest BCUT2D eigenvalue weighted by Gasteiger charge is 2.37. The molecule has 0 aliphatic carbocycles. The molecule has 5 nitrogen and oxygen atoms in total. The molecule has 0 aromatic heterocycles. The minimum absolute atomic E-state index is 0.0215. The monoisotopic (exact) mass is 259 g/mol. The van der Waals surface area contributed by atoms with Crippen LogP contribution in [0.2, 0.25) is 0 Å². The predicted octanol–water partition coefficient (Wildman–Crippen LogP) is 1.14. The van der Waals surface area contributed by atoms with E-state index in [0.29, 0.717) is 0 Å². The SMILES string of the molecule is O=C(O)C1CSCN1C(=O)OCC(F)(F)F. The minimum atomic E-state index is -4.61. The molecule has 1 aliphatic rings. The molecule has 92 valence electrons. The van der Waals surface area contributed by atoms with Crippen molar-refractivity contribution in [1.82, 2.24) is 4.90 Å². The quantitative estimate of drug-likeness (QED) is 0.805. The van der Waals surface area contributed by atoms with E-state index in [4.69, 9.17) is 5.11 Å². The third-order valence-electron chi connectivity index (χ3n) is 1.76. The number of rotatable bonds is 2. The molecule has 1 N–H and O–H groups in total. The lowest BCUT2D eigenvalue weighted by Crippen LogP contribution is -2.42. The molecule has 0 saturated carbocycles. The Morgan fingerprint density at radius 2 is 2.12 bits per heavy atom. The van der Waals surface area contributed by atoms with Gasteiger partial charge < -0.3 is 9.84 Å². The molecule has 0 bridgehead atoms. The van der Waals surface area contributed by atoms with Crippen molar-refractivity contribution in [1.29, 1.82) is 0 Å². The molecule has 0 aromatic carbocycles. The molecule has 1 aliphatic heterocycles. The van der Waals surface area contributed by atoms with Crippen LogP contribution in [0.3, 0.4) is 0 Å². The number of alkyl halides is 3. The fraction of sp³-hybridized carbons (Fsp3) is 0.714. The lowest BCUT2D eigenvalue weighted by molar-refractivity contribution is -0.163. The summed E-state index contributed by atoms with van der Waals surface area (Å²) in [6.07, 6.45) is -5.86. The van der Waals surface area contributed by atoms with Gasteiger partial charge in [0.15, 0.2) is 6.61 Å². The fourth-order valence-electron chi connectivity index (χ4n) is 1.05. The smallest absolute Gasteiger partial charge is 0.422 e. The van der Waals surface area contributed by atoms with Gasteiger partial charge in [0.1, 0.15) is 6.04 Å². The molecule has 1 amide bonds. The van der Waals surface area contributed by atoms with Gasteiger partial charge in [0.25, 0.3) is 0 Å². The average Bonchev–Trinajstić information content (AvgIpc) is 2.61. The van der Waals surface area contributed by atoms with Crippen molar-refractivity contribution in [3.05, 3.63) is 0 Å². The van der Waals surface area contributed by atoms with E-state index < -0.39 is 30.9 Å². The van der Waals surface area contributed by atoms with Crippen LogP contribution in [0, 0.1) is 0 Å². The summed E-state index contributed by atoms with van der Waals surface area (Å²) in [5, 5.41) is 8.68. The zero-order valence-electron chi connectivity index (χ0n) is 7.86. The van der Waals surface area contributed by atoms with Gasteiger partial charge in [-0.05, 0) is 0 Å². The van der Waals surface area contributed by atoms with Crippen molar-refractivity contribution < 1.29 is 32.6 Å². The van der Waals surface area contributed by atoms with Gasteiger partial charge in [0, 0.05) is 5.75 Å². The summed E-state index contributed by atoms with van der Waals surface area (Å²) in [5.41, 5.74) is 0. The molecular weight excluding hydrogens is 251 g/mol. The number of carbonyl (C=O) groups excluding carboxylic acids is 1. The van der Waals surface area contributed by atoms with Crippen LogP contribution in [-0.2, 0) is 9.53 Å². The fourth-order valence-corrected chi connectivity index (χ4v) is 2.19. The summed E-state index contributed by atoms with van der Waals surface area (Å²) in [7, 11) is 0. The lowest BCUT2D eigenvalue weighted by atomic mass is 10.3. The molecule has 9 heteroatoms. The Bertz CT molecular complexity index is 296. The summed E-state index contributed by atoms with van der Waals surface area (Å²) in [6.45, 7) is -1.71. The standard InChI is InChI=1S/C7H8F3NO4S/c8-7(9,10)2-15-6(14)11-3-16-1-4(11)5(12)13/h4H,1-3H2,(H,12,13). The van der Waals surface area contributed by atoms with E-state index in [1.807, 2.05) is 0 Å². The molecule has 0 radical (unpaired) electrons. The van der Waals surface area contributed by atoms with E-state index in [9.17, 15) is 22.8 Å². The Hall–Kier alpha value is -1.12. The molecule has 1 saturated heterocycles. The normalized spacial score (nSPS) is 20.9. The van der Waals surface area contributed by atoms with Gasteiger partial charge in [-0.3, -0.25) is 4.90 Å². The Morgan fingerprint density at radius 3 is 2.62 bits per heavy atom. The maximum absolute atomic E-state index is 11.7. The molecule has 16 heavy (non-hydrogen) atoms. The van der Waals surface area contributed by atoms with Crippen LogP contribution in [0.15, 0.2) is 0 Å². The number of aliphatic carboxylic acids is 1. The van der Waals surface area contributed by atoms with Gasteiger partial charge in [-0.1, -0.05) is 0 Å². The Balaban J connectivity index is 2.50. The topological polar surface area (TPSA) is 66.8 Å². The van der Waals surface area contributed by atoms with Gasteiger partial charge in [0.2, 0.25) is 0 Å². The Kier molecular flexibility index (Phi) is 3.89. The number of thioether (sulfide) groups is 1. The number of nitrogens with zero attached hydrogens (tertiary/aromatic N) is 1. The molecule has 1 fully saturated rings. The highest BCUT2D eigenvalue weighted by molar-refractivity contribution is 7.99. The van der Waals surface area contributed by atoms with Gasteiger partial charge in [0.05, 0.1) is 5.88 Å². The maximum Gasteiger partial charge on any atom is 0.422 e. The van der Waals surface area contributed by atoms with E-state index >= 15 is 0 Å². The zero-order valence-corrected chi connectivity index (χ0v) is 8.68. The maximum atomic E-state index is 11.7. The molecule has 1 rings (SSSR count). The van der Waals surface area contributed by atoms with Crippen molar-refractivity contribution >= 4 is 23.8 Å². The third kappa shape index (κ3) is 3.47. The first-order valence-electron chi connectivity index (χ1n) is 4.12. The second-order valence-corrected chi connectivity index (χ2v) is 3.99. The van der Waals surface area contributed by atoms with Crippen LogP contribution in [0.25, 0.3) is 0 Å². The van der Waals surface area contributed by atoms with Crippen LogP contribution in [-0.4, -0.2) is 52.5 Å². The zero-order chi connectivity index (χ0) is 12.3.